The maximum atomic E-state index is 13.7. The van der Waals surface area contributed by atoms with Crippen LogP contribution in [0.3, 0.4) is 0 Å². The van der Waals surface area contributed by atoms with Crippen LogP contribution >= 0.6 is 0 Å². The van der Waals surface area contributed by atoms with Crippen LogP contribution in [0.4, 0.5) is 20.2 Å². The molecule has 0 saturated heterocycles. The molecule has 0 saturated carbocycles. The first-order chi connectivity index (χ1) is 9.10. The number of anilines is 2. The van der Waals surface area contributed by atoms with Gasteiger partial charge in [0.25, 0.3) is 0 Å². The van der Waals surface area contributed by atoms with E-state index in [0.717, 1.165) is 17.3 Å². The molecule has 0 aromatic heterocycles. The predicted molar refractivity (Wildman–Crippen MR) is 74.5 cm³/mol. The van der Waals surface area contributed by atoms with Crippen LogP contribution < -0.4 is 10.2 Å². The van der Waals surface area contributed by atoms with Crippen LogP contribution in [0.5, 0.6) is 0 Å². The Morgan fingerprint density at radius 1 is 1.11 bits per heavy atom. The highest BCUT2D eigenvalue weighted by molar-refractivity contribution is 5.50. The monoisotopic (exact) mass is 262 g/mol. The maximum Gasteiger partial charge on any atom is 0.149 e. The second kappa shape index (κ2) is 5.69. The summed E-state index contributed by atoms with van der Waals surface area (Å²) in [6.07, 6.45) is 0. The molecule has 1 N–H and O–H groups in total. The van der Waals surface area contributed by atoms with Gasteiger partial charge >= 0.3 is 0 Å². The van der Waals surface area contributed by atoms with E-state index >= 15 is 0 Å². The fourth-order valence-corrected chi connectivity index (χ4v) is 1.98. The van der Waals surface area contributed by atoms with Crippen LogP contribution in [-0.4, -0.2) is 14.1 Å². The molecule has 4 heteroatoms. The van der Waals surface area contributed by atoms with E-state index in [1.165, 1.54) is 12.1 Å². The van der Waals surface area contributed by atoms with Crippen LogP contribution in [0.2, 0.25) is 0 Å². The average Bonchev–Trinajstić information content (AvgIpc) is 2.38. The molecule has 0 amide bonds. The van der Waals surface area contributed by atoms with Crippen molar-refractivity contribution in [2.24, 2.45) is 0 Å². The molecule has 19 heavy (non-hydrogen) atoms. The molecule has 0 heterocycles. The normalized spacial score (nSPS) is 10.3. The van der Waals surface area contributed by atoms with Crippen LogP contribution in [0.25, 0.3) is 0 Å². The van der Waals surface area contributed by atoms with E-state index in [-0.39, 0.29) is 0 Å². The fraction of sp³-hybridized carbons (Fsp3) is 0.200. The molecule has 0 fully saturated rings. The van der Waals surface area contributed by atoms with Gasteiger partial charge in [-0.25, -0.2) is 8.78 Å². The summed E-state index contributed by atoms with van der Waals surface area (Å²) in [6.45, 7) is 0.554. The van der Waals surface area contributed by atoms with Crippen molar-refractivity contribution < 1.29 is 8.78 Å². The summed E-state index contributed by atoms with van der Waals surface area (Å²) in [5, 5.41) is 3.06. The van der Waals surface area contributed by atoms with Gasteiger partial charge in [0, 0.05) is 32.4 Å². The van der Waals surface area contributed by atoms with Crippen molar-refractivity contribution in [2.75, 3.05) is 24.3 Å². The van der Waals surface area contributed by atoms with Crippen molar-refractivity contribution in [1.29, 1.82) is 0 Å². The Morgan fingerprint density at radius 2 is 1.89 bits per heavy atom. The summed E-state index contributed by atoms with van der Waals surface area (Å²) < 4.78 is 26.5. The van der Waals surface area contributed by atoms with Gasteiger partial charge in [-0.15, -0.1) is 0 Å². The van der Waals surface area contributed by atoms with Gasteiger partial charge in [-0.05, 0) is 29.8 Å². The first-order valence-corrected chi connectivity index (χ1v) is 6.03. The number of nitrogens with zero attached hydrogens (tertiary/aromatic N) is 1. The summed E-state index contributed by atoms with van der Waals surface area (Å²) in [7, 11) is 3.63. The minimum atomic E-state index is -0.563. The first kappa shape index (κ1) is 13.3. The summed E-state index contributed by atoms with van der Waals surface area (Å²) in [6, 6.07) is 11.5. The molecule has 100 valence electrons. The largest absolute Gasteiger partial charge is 0.388 e. The molecule has 2 nitrogen and oxygen atoms in total. The third kappa shape index (κ3) is 3.22. The highest BCUT2D eigenvalue weighted by Gasteiger charge is 2.09. The molecule has 0 atom stereocenters. The molecule has 2 rings (SSSR count). The minimum absolute atomic E-state index is 0.385. The molecule has 2 aromatic rings. The van der Waals surface area contributed by atoms with Crippen molar-refractivity contribution in [3.05, 3.63) is 59.7 Å². The first-order valence-electron chi connectivity index (χ1n) is 6.03. The third-order valence-corrected chi connectivity index (χ3v) is 2.96. The molecule has 0 aliphatic rings. The number of benzene rings is 2. The number of hydrogen-bond donors (Lipinski definition) is 1. The highest BCUT2D eigenvalue weighted by atomic mass is 19.1. The number of halogens is 2. The molecule has 0 aliphatic heterocycles. The fourth-order valence-electron chi connectivity index (χ4n) is 1.98. The average molecular weight is 262 g/mol. The SMILES string of the molecule is CNc1cccc(CN(C)c2ccc(F)cc2F)c1. The minimum Gasteiger partial charge on any atom is -0.388 e. The molecule has 0 aliphatic carbocycles. The Balaban J connectivity index is 2.17. The standard InChI is InChI=1S/C15H16F2N2/c1-18-13-5-3-4-11(8-13)10-19(2)15-7-6-12(16)9-14(15)17/h3-9,18H,10H2,1-2H3. The van der Waals surface area contributed by atoms with Crippen molar-refractivity contribution in [3.8, 4) is 0 Å². The van der Waals surface area contributed by atoms with Gasteiger partial charge in [-0.3, -0.25) is 0 Å². The number of nitrogens with one attached hydrogen (secondary N) is 1. The lowest BCUT2D eigenvalue weighted by Crippen LogP contribution is -2.17. The summed E-state index contributed by atoms with van der Waals surface area (Å²) in [4.78, 5) is 1.75. The maximum absolute atomic E-state index is 13.7. The zero-order valence-corrected chi connectivity index (χ0v) is 11.0. The van der Waals surface area contributed by atoms with E-state index in [2.05, 4.69) is 5.32 Å². The van der Waals surface area contributed by atoms with Crippen molar-refractivity contribution in [2.45, 2.75) is 6.54 Å². The third-order valence-electron chi connectivity index (χ3n) is 2.96. The lowest BCUT2D eigenvalue weighted by molar-refractivity contribution is 0.581. The van der Waals surface area contributed by atoms with Crippen LogP contribution in [0, 0.1) is 11.6 Å². The van der Waals surface area contributed by atoms with E-state index in [0.29, 0.717) is 12.2 Å². The summed E-state index contributed by atoms with van der Waals surface area (Å²) in [5.74, 6) is -1.11. The van der Waals surface area contributed by atoms with Crippen LogP contribution in [0.15, 0.2) is 42.5 Å². The Morgan fingerprint density at radius 3 is 2.58 bits per heavy atom. The Kier molecular flexibility index (Phi) is 4.00. The lowest BCUT2D eigenvalue weighted by atomic mass is 10.1. The molecular weight excluding hydrogens is 246 g/mol. The van der Waals surface area contributed by atoms with Crippen LogP contribution in [0.1, 0.15) is 5.56 Å². The van der Waals surface area contributed by atoms with Gasteiger partial charge in [0.2, 0.25) is 0 Å². The number of rotatable bonds is 4. The topological polar surface area (TPSA) is 15.3 Å². The van der Waals surface area contributed by atoms with E-state index in [1.807, 2.05) is 31.3 Å². The van der Waals surface area contributed by atoms with Gasteiger partial charge in [-0.2, -0.15) is 0 Å². The van der Waals surface area contributed by atoms with E-state index in [9.17, 15) is 8.78 Å². The van der Waals surface area contributed by atoms with Gasteiger partial charge in [-0.1, -0.05) is 12.1 Å². The number of hydrogen-bond acceptors (Lipinski definition) is 2. The second-order valence-corrected chi connectivity index (χ2v) is 4.40. The molecule has 0 unspecified atom stereocenters. The van der Waals surface area contributed by atoms with Gasteiger partial charge in [0.05, 0.1) is 5.69 Å². The van der Waals surface area contributed by atoms with Crippen molar-refractivity contribution >= 4 is 11.4 Å². The molecule has 0 bridgehead atoms. The molecule has 2 aromatic carbocycles. The second-order valence-electron chi connectivity index (χ2n) is 4.40. The van der Waals surface area contributed by atoms with Gasteiger partial charge in [0.1, 0.15) is 11.6 Å². The van der Waals surface area contributed by atoms with E-state index < -0.39 is 11.6 Å². The lowest BCUT2D eigenvalue weighted by Gasteiger charge is -2.20. The Hall–Kier alpha value is -2.10. The zero-order valence-electron chi connectivity index (χ0n) is 11.0. The molecule has 0 spiro atoms. The quantitative estimate of drug-likeness (QED) is 0.905. The Bertz CT molecular complexity index is 570. The van der Waals surface area contributed by atoms with E-state index in [1.54, 1.807) is 11.9 Å². The van der Waals surface area contributed by atoms with Crippen molar-refractivity contribution in [1.82, 2.24) is 0 Å². The van der Waals surface area contributed by atoms with Gasteiger partial charge in [0.15, 0.2) is 0 Å². The highest BCUT2D eigenvalue weighted by Crippen LogP contribution is 2.21. The van der Waals surface area contributed by atoms with Gasteiger partial charge < -0.3 is 10.2 Å². The van der Waals surface area contributed by atoms with E-state index in [4.69, 9.17) is 0 Å². The summed E-state index contributed by atoms with van der Waals surface area (Å²) in [5.41, 5.74) is 2.44. The summed E-state index contributed by atoms with van der Waals surface area (Å²) >= 11 is 0. The smallest absolute Gasteiger partial charge is 0.149 e. The Labute approximate surface area is 111 Å². The predicted octanol–water partition coefficient (Wildman–Crippen LogP) is 3.64. The van der Waals surface area contributed by atoms with Crippen molar-refractivity contribution in [3.63, 3.8) is 0 Å². The molecular formula is C15H16F2N2. The molecule has 0 radical (unpaired) electrons. The zero-order chi connectivity index (χ0) is 13.8. The van der Waals surface area contributed by atoms with Crippen LogP contribution in [-0.2, 0) is 6.54 Å².